The van der Waals surface area contributed by atoms with Crippen molar-refractivity contribution in [3.05, 3.63) is 0 Å². The van der Waals surface area contributed by atoms with Gasteiger partial charge in [0.1, 0.15) is 6.54 Å². The molecule has 1 amide bonds. The number of hydrogen-bond donors (Lipinski definition) is 0. The Morgan fingerprint density at radius 2 is 1.83 bits per heavy atom. The number of nitrogens with zero attached hydrogens (tertiary/aromatic N) is 2. The van der Waals surface area contributed by atoms with Crippen LogP contribution in [0.5, 0.6) is 0 Å². The van der Waals surface area contributed by atoms with Gasteiger partial charge in [-0.05, 0) is 39.0 Å². The normalized spacial score (nSPS) is 18.1. The van der Waals surface area contributed by atoms with Gasteiger partial charge in [-0.15, -0.1) is 0 Å². The molecule has 0 aromatic rings. The van der Waals surface area contributed by atoms with Crippen molar-refractivity contribution in [1.29, 1.82) is 5.26 Å². The summed E-state index contributed by atoms with van der Waals surface area (Å²) in [6.45, 7) is 8.56. The second-order valence-corrected chi connectivity index (χ2v) is 6.27. The second-order valence-electron chi connectivity index (χ2n) is 6.27. The summed E-state index contributed by atoms with van der Waals surface area (Å²) in [4.78, 5) is 14.6. The molecule has 1 fully saturated rings. The highest BCUT2D eigenvalue weighted by Gasteiger charge is 2.44. The van der Waals surface area contributed by atoms with E-state index in [0.29, 0.717) is 5.92 Å². The lowest BCUT2D eigenvalue weighted by molar-refractivity contribution is -0.144. The third-order valence-electron chi connectivity index (χ3n) is 3.94. The van der Waals surface area contributed by atoms with Gasteiger partial charge in [0.2, 0.25) is 5.91 Å². The molecule has 0 aromatic heterocycles. The Hall–Kier alpha value is -1.04. The lowest BCUT2D eigenvalue weighted by atomic mass is 9.77. The third kappa shape index (κ3) is 3.25. The van der Waals surface area contributed by atoms with Gasteiger partial charge in [0, 0.05) is 11.5 Å². The number of rotatable bonds is 5. The molecule has 0 bridgehead atoms. The summed E-state index contributed by atoms with van der Waals surface area (Å²) in [5.74, 6) is 0.744. The molecule has 1 saturated carbocycles. The molecule has 1 aliphatic rings. The molecular formula is C15H26N2O. The average Bonchev–Trinajstić information content (AvgIpc) is 2.73. The SMILES string of the molecule is CC(C)CC1(C(=O)N(CC#N)C(C)C)CCCC1. The molecule has 0 N–H and O–H groups in total. The van der Waals surface area contributed by atoms with Gasteiger partial charge >= 0.3 is 0 Å². The van der Waals surface area contributed by atoms with Gasteiger partial charge in [0.05, 0.1) is 6.07 Å². The molecule has 3 heteroatoms. The molecular weight excluding hydrogens is 224 g/mol. The monoisotopic (exact) mass is 250 g/mol. The Bertz CT molecular complexity index is 322. The van der Waals surface area contributed by atoms with E-state index in [1.165, 1.54) is 0 Å². The number of amides is 1. The van der Waals surface area contributed by atoms with Crippen LogP contribution < -0.4 is 0 Å². The van der Waals surface area contributed by atoms with Crippen LogP contribution in [0.4, 0.5) is 0 Å². The van der Waals surface area contributed by atoms with Crippen LogP contribution in [0.1, 0.15) is 59.8 Å². The summed E-state index contributed by atoms with van der Waals surface area (Å²) >= 11 is 0. The van der Waals surface area contributed by atoms with Gasteiger partial charge in [0.15, 0.2) is 0 Å². The van der Waals surface area contributed by atoms with Crippen molar-refractivity contribution in [2.24, 2.45) is 11.3 Å². The Morgan fingerprint density at radius 1 is 1.28 bits per heavy atom. The summed E-state index contributed by atoms with van der Waals surface area (Å²) in [7, 11) is 0. The van der Waals surface area contributed by atoms with Crippen LogP contribution in [0.2, 0.25) is 0 Å². The minimum atomic E-state index is -0.185. The first-order valence-corrected chi connectivity index (χ1v) is 7.11. The first kappa shape index (κ1) is 15.0. The van der Waals surface area contributed by atoms with Gasteiger partial charge in [-0.3, -0.25) is 4.79 Å². The molecule has 0 radical (unpaired) electrons. The fraction of sp³-hybridized carbons (Fsp3) is 0.867. The average molecular weight is 250 g/mol. The molecule has 0 aliphatic heterocycles. The van der Waals surface area contributed by atoms with Gasteiger partial charge < -0.3 is 4.90 Å². The molecule has 18 heavy (non-hydrogen) atoms. The van der Waals surface area contributed by atoms with Crippen molar-refractivity contribution in [2.75, 3.05) is 6.54 Å². The third-order valence-corrected chi connectivity index (χ3v) is 3.94. The molecule has 0 saturated heterocycles. The first-order valence-electron chi connectivity index (χ1n) is 7.11. The van der Waals surface area contributed by atoms with E-state index < -0.39 is 0 Å². The highest BCUT2D eigenvalue weighted by atomic mass is 16.2. The van der Waals surface area contributed by atoms with Gasteiger partial charge in [-0.25, -0.2) is 0 Å². The number of carbonyl (C=O) groups excluding carboxylic acids is 1. The van der Waals surface area contributed by atoms with Gasteiger partial charge in [0.25, 0.3) is 0 Å². The zero-order chi connectivity index (χ0) is 13.8. The highest BCUT2D eigenvalue weighted by Crippen LogP contribution is 2.44. The maximum Gasteiger partial charge on any atom is 0.229 e. The summed E-state index contributed by atoms with van der Waals surface area (Å²) in [6, 6.07) is 2.24. The van der Waals surface area contributed by atoms with Crippen molar-refractivity contribution in [3.63, 3.8) is 0 Å². The molecule has 102 valence electrons. The van der Waals surface area contributed by atoms with Crippen LogP contribution in [0, 0.1) is 22.7 Å². The summed E-state index contributed by atoms with van der Waals surface area (Å²) in [5.41, 5.74) is -0.185. The van der Waals surface area contributed by atoms with E-state index >= 15 is 0 Å². The van der Waals surface area contributed by atoms with E-state index in [1.807, 2.05) is 13.8 Å². The largest absolute Gasteiger partial charge is 0.326 e. The lowest BCUT2D eigenvalue weighted by Crippen LogP contribution is -2.46. The van der Waals surface area contributed by atoms with Crippen LogP contribution in [0.3, 0.4) is 0 Å². The zero-order valence-electron chi connectivity index (χ0n) is 12.2. The second kappa shape index (κ2) is 6.22. The van der Waals surface area contributed by atoms with E-state index in [9.17, 15) is 4.79 Å². The van der Waals surface area contributed by atoms with E-state index in [4.69, 9.17) is 5.26 Å². The molecule has 0 heterocycles. The topological polar surface area (TPSA) is 44.1 Å². The van der Waals surface area contributed by atoms with Crippen molar-refractivity contribution in [3.8, 4) is 6.07 Å². The van der Waals surface area contributed by atoms with E-state index in [1.54, 1.807) is 4.90 Å². The van der Waals surface area contributed by atoms with Crippen LogP contribution >= 0.6 is 0 Å². The van der Waals surface area contributed by atoms with Crippen molar-refractivity contribution in [1.82, 2.24) is 4.90 Å². The molecule has 0 atom stereocenters. The summed E-state index contributed by atoms with van der Waals surface area (Å²) in [6.07, 6.45) is 5.26. The molecule has 0 spiro atoms. The van der Waals surface area contributed by atoms with Crippen molar-refractivity contribution >= 4 is 5.91 Å². The minimum Gasteiger partial charge on any atom is -0.326 e. The van der Waals surface area contributed by atoms with Crippen LogP contribution in [0.15, 0.2) is 0 Å². The van der Waals surface area contributed by atoms with E-state index in [-0.39, 0.29) is 23.9 Å². The molecule has 0 unspecified atom stereocenters. The Kier molecular flexibility index (Phi) is 5.19. The fourth-order valence-electron chi connectivity index (χ4n) is 3.21. The molecule has 1 rings (SSSR count). The van der Waals surface area contributed by atoms with Crippen molar-refractivity contribution in [2.45, 2.75) is 65.8 Å². The predicted octanol–water partition coefficient (Wildman–Crippen LogP) is 3.35. The summed E-state index contributed by atoms with van der Waals surface area (Å²) in [5, 5.41) is 8.90. The smallest absolute Gasteiger partial charge is 0.229 e. The summed E-state index contributed by atoms with van der Waals surface area (Å²) < 4.78 is 0. The molecule has 0 aromatic carbocycles. The van der Waals surface area contributed by atoms with E-state index in [2.05, 4.69) is 19.9 Å². The van der Waals surface area contributed by atoms with E-state index in [0.717, 1.165) is 32.1 Å². The Balaban J connectivity index is 2.91. The quantitative estimate of drug-likeness (QED) is 0.702. The minimum absolute atomic E-state index is 0.113. The molecule has 1 aliphatic carbocycles. The predicted molar refractivity (Wildman–Crippen MR) is 72.8 cm³/mol. The van der Waals surface area contributed by atoms with Gasteiger partial charge in [-0.2, -0.15) is 5.26 Å². The van der Waals surface area contributed by atoms with Crippen LogP contribution in [0.25, 0.3) is 0 Å². The maximum absolute atomic E-state index is 12.8. The van der Waals surface area contributed by atoms with Crippen LogP contribution in [-0.2, 0) is 4.79 Å². The van der Waals surface area contributed by atoms with Crippen molar-refractivity contribution < 1.29 is 4.79 Å². The zero-order valence-corrected chi connectivity index (χ0v) is 12.2. The highest BCUT2D eigenvalue weighted by molar-refractivity contribution is 5.83. The maximum atomic E-state index is 12.8. The van der Waals surface area contributed by atoms with Crippen LogP contribution in [-0.4, -0.2) is 23.4 Å². The molecule has 3 nitrogen and oxygen atoms in total. The number of nitriles is 1. The fourth-order valence-corrected chi connectivity index (χ4v) is 3.21. The Morgan fingerprint density at radius 3 is 2.22 bits per heavy atom. The number of hydrogen-bond acceptors (Lipinski definition) is 2. The first-order chi connectivity index (χ1) is 8.43. The lowest BCUT2D eigenvalue weighted by Gasteiger charge is -2.36. The Labute approximate surface area is 111 Å². The number of carbonyl (C=O) groups is 1. The standard InChI is InChI=1S/C15H26N2O/c1-12(2)11-15(7-5-6-8-15)14(18)17(10-9-16)13(3)4/h12-13H,5-8,10-11H2,1-4H3. The van der Waals surface area contributed by atoms with Gasteiger partial charge in [-0.1, -0.05) is 26.7 Å².